The van der Waals surface area contributed by atoms with Crippen LogP contribution in [-0.2, 0) is 0 Å². The molecule has 0 bridgehead atoms. The van der Waals surface area contributed by atoms with Crippen molar-refractivity contribution in [3.05, 3.63) is 71.9 Å². The van der Waals surface area contributed by atoms with E-state index in [0.29, 0.717) is 11.8 Å². The second-order valence-corrected chi connectivity index (χ2v) is 6.66. The first kappa shape index (κ1) is 16.4. The summed E-state index contributed by atoms with van der Waals surface area (Å²) in [7, 11) is 0. The highest BCUT2D eigenvalue weighted by molar-refractivity contribution is 5.94. The lowest BCUT2D eigenvalue weighted by molar-refractivity contribution is 0.0711. The summed E-state index contributed by atoms with van der Waals surface area (Å²) >= 11 is 0. The van der Waals surface area contributed by atoms with Gasteiger partial charge in [-0.2, -0.15) is 0 Å². The lowest BCUT2D eigenvalue weighted by Gasteiger charge is -2.31. The SMILES string of the molecule is Nc1cc(C2CCN(C(=O)c3ccc(-c4ccccc4)cc3)CC2)no1. The van der Waals surface area contributed by atoms with E-state index in [4.69, 9.17) is 10.3 Å². The monoisotopic (exact) mass is 347 g/mol. The lowest BCUT2D eigenvalue weighted by atomic mass is 9.93. The Bertz CT molecular complexity index is 879. The number of nitrogen functional groups attached to an aromatic ring is 1. The predicted molar refractivity (Wildman–Crippen MR) is 101 cm³/mol. The second kappa shape index (κ2) is 7.04. The third-order valence-electron chi connectivity index (χ3n) is 4.99. The number of rotatable bonds is 3. The first-order valence-corrected chi connectivity index (χ1v) is 8.87. The van der Waals surface area contributed by atoms with Crippen LogP contribution in [0.3, 0.4) is 0 Å². The van der Waals surface area contributed by atoms with Crippen LogP contribution in [0.15, 0.2) is 65.2 Å². The molecule has 1 aromatic heterocycles. The van der Waals surface area contributed by atoms with Gasteiger partial charge in [-0.25, -0.2) is 0 Å². The molecule has 0 radical (unpaired) electrons. The number of benzene rings is 2. The highest BCUT2D eigenvalue weighted by Crippen LogP contribution is 2.29. The lowest BCUT2D eigenvalue weighted by Crippen LogP contribution is -2.37. The van der Waals surface area contributed by atoms with Crippen molar-refractivity contribution < 1.29 is 9.32 Å². The first-order valence-electron chi connectivity index (χ1n) is 8.87. The predicted octanol–water partition coefficient (Wildman–Crippen LogP) is 3.94. The molecule has 0 aliphatic carbocycles. The first-order chi connectivity index (χ1) is 12.7. The van der Waals surface area contributed by atoms with Gasteiger partial charge in [0, 0.05) is 30.6 Å². The molecule has 4 rings (SSSR count). The molecule has 1 aliphatic heterocycles. The highest BCUT2D eigenvalue weighted by Gasteiger charge is 2.26. The Morgan fingerprint density at radius 1 is 1.00 bits per heavy atom. The number of piperidine rings is 1. The maximum Gasteiger partial charge on any atom is 0.253 e. The topological polar surface area (TPSA) is 72.4 Å². The Hall–Kier alpha value is -3.08. The molecule has 2 aromatic carbocycles. The van der Waals surface area contributed by atoms with Gasteiger partial charge in [-0.1, -0.05) is 47.6 Å². The smallest absolute Gasteiger partial charge is 0.253 e. The number of hydrogen-bond donors (Lipinski definition) is 1. The van der Waals surface area contributed by atoms with E-state index in [9.17, 15) is 4.79 Å². The van der Waals surface area contributed by atoms with Crippen LogP contribution >= 0.6 is 0 Å². The average molecular weight is 347 g/mol. The van der Waals surface area contributed by atoms with E-state index < -0.39 is 0 Å². The van der Waals surface area contributed by atoms with Crippen molar-refractivity contribution in [2.75, 3.05) is 18.8 Å². The minimum atomic E-state index is 0.0859. The van der Waals surface area contributed by atoms with Gasteiger partial charge in [-0.15, -0.1) is 0 Å². The van der Waals surface area contributed by atoms with Crippen molar-refractivity contribution in [1.29, 1.82) is 0 Å². The Kier molecular flexibility index (Phi) is 4.44. The van der Waals surface area contributed by atoms with Gasteiger partial charge in [0.15, 0.2) is 0 Å². The molecule has 5 nitrogen and oxygen atoms in total. The Morgan fingerprint density at radius 3 is 2.27 bits per heavy atom. The van der Waals surface area contributed by atoms with E-state index >= 15 is 0 Å². The fourth-order valence-electron chi connectivity index (χ4n) is 3.49. The largest absolute Gasteiger partial charge is 0.368 e. The van der Waals surface area contributed by atoms with Crippen molar-refractivity contribution in [3.8, 4) is 11.1 Å². The fraction of sp³-hybridized carbons (Fsp3) is 0.238. The molecule has 0 atom stereocenters. The summed E-state index contributed by atoms with van der Waals surface area (Å²) in [4.78, 5) is 14.7. The molecular formula is C21H21N3O2. The molecule has 0 saturated carbocycles. The van der Waals surface area contributed by atoms with Crippen LogP contribution < -0.4 is 5.73 Å². The zero-order chi connectivity index (χ0) is 17.9. The summed E-state index contributed by atoms with van der Waals surface area (Å²) in [5.41, 5.74) is 9.49. The fourth-order valence-corrected chi connectivity index (χ4v) is 3.49. The summed E-state index contributed by atoms with van der Waals surface area (Å²) in [5.74, 6) is 0.736. The maximum absolute atomic E-state index is 12.8. The molecule has 132 valence electrons. The van der Waals surface area contributed by atoms with Gasteiger partial charge in [-0.05, 0) is 36.1 Å². The van der Waals surface area contributed by atoms with Crippen molar-refractivity contribution in [2.24, 2.45) is 0 Å². The molecule has 2 N–H and O–H groups in total. The minimum Gasteiger partial charge on any atom is -0.368 e. The van der Waals surface area contributed by atoms with Crippen molar-refractivity contribution in [3.63, 3.8) is 0 Å². The number of carbonyl (C=O) groups excluding carboxylic acids is 1. The molecule has 1 fully saturated rings. The molecule has 5 heteroatoms. The van der Waals surface area contributed by atoms with Gasteiger partial charge >= 0.3 is 0 Å². The van der Waals surface area contributed by atoms with Gasteiger partial charge in [0.2, 0.25) is 5.88 Å². The number of aromatic nitrogens is 1. The molecule has 2 heterocycles. The third-order valence-corrected chi connectivity index (χ3v) is 4.99. The molecule has 0 spiro atoms. The van der Waals surface area contributed by atoms with Gasteiger partial charge < -0.3 is 15.2 Å². The second-order valence-electron chi connectivity index (χ2n) is 6.66. The highest BCUT2D eigenvalue weighted by atomic mass is 16.5. The summed E-state index contributed by atoms with van der Waals surface area (Å²) in [6.45, 7) is 1.44. The maximum atomic E-state index is 12.8. The van der Waals surface area contributed by atoms with Crippen LogP contribution in [0.1, 0.15) is 34.8 Å². The van der Waals surface area contributed by atoms with Gasteiger partial charge in [-0.3, -0.25) is 4.79 Å². The number of nitrogens with two attached hydrogens (primary N) is 1. The zero-order valence-electron chi connectivity index (χ0n) is 14.5. The summed E-state index contributed by atoms with van der Waals surface area (Å²) in [6, 6.07) is 19.8. The van der Waals surface area contributed by atoms with Crippen molar-refractivity contribution >= 4 is 11.8 Å². The molecule has 1 amide bonds. The van der Waals surface area contributed by atoms with Crippen molar-refractivity contribution in [1.82, 2.24) is 10.1 Å². The van der Waals surface area contributed by atoms with E-state index in [1.54, 1.807) is 6.07 Å². The van der Waals surface area contributed by atoms with E-state index in [0.717, 1.165) is 48.3 Å². The molecular weight excluding hydrogens is 326 g/mol. The normalized spacial score (nSPS) is 15.2. The summed E-state index contributed by atoms with van der Waals surface area (Å²) in [5, 5.41) is 4.00. The van der Waals surface area contributed by atoms with Crippen LogP contribution in [0.25, 0.3) is 11.1 Å². The zero-order valence-corrected chi connectivity index (χ0v) is 14.5. The molecule has 26 heavy (non-hydrogen) atoms. The van der Waals surface area contributed by atoms with Crippen LogP contribution in [0.5, 0.6) is 0 Å². The van der Waals surface area contributed by atoms with Gasteiger partial charge in [0.25, 0.3) is 5.91 Å². The number of anilines is 1. The quantitative estimate of drug-likeness (QED) is 0.779. The number of hydrogen-bond acceptors (Lipinski definition) is 4. The number of nitrogens with zero attached hydrogens (tertiary/aromatic N) is 2. The van der Waals surface area contributed by atoms with Crippen LogP contribution in [0.2, 0.25) is 0 Å². The summed E-state index contributed by atoms with van der Waals surface area (Å²) < 4.78 is 4.96. The number of amides is 1. The minimum absolute atomic E-state index is 0.0859. The average Bonchev–Trinajstić information content (AvgIpc) is 3.15. The van der Waals surface area contributed by atoms with E-state index in [2.05, 4.69) is 17.3 Å². The Labute approximate surface area is 152 Å². The molecule has 1 saturated heterocycles. The molecule has 0 unspecified atom stereocenters. The van der Waals surface area contributed by atoms with Crippen LogP contribution in [0.4, 0.5) is 5.88 Å². The molecule has 1 aliphatic rings. The van der Waals surface area contributed by atoms with E-state index in [-0.39, 0.29) is 5.91 Å². The third kappa shape index (κ3) is 3.33. The van der Waals surface area contributed by atoms with E-state index in [1.165, 1.54) is 0 Å². The van der Waals surface area contributed by atoms with Crippen LogP contribution in [0, 0.1) is 0 Å². The standard InChI is InChI=1S/C21H21N3O2/c22-20-14-19(23-26-20)17-10-12-24(13-11-17)21(25)18-8-6-16(7-9-18)15-4-2-1-3-5-15/h1-9,14,17H,10-13,22H2. The number of carbonyl (C=O) groups is 1. The van der Waals surface area contributed by atoms with Gasteiger partial charge in [0.1, 0.15) is 0 Å². The Morgan fingerprint density at radius 2 is 1.65 bits per heavy atom. The van der Waals surface area contributed by atoms with E-state index in [1.807, 2.05) is 47.4 Å². The number of likely N-dealkylation sites (tertiary alicyclic amines) is 1. The van der Waals surface area contributed by atoms with Crippen molar-refractivity contribution in [2.45, 2.75) is 18.8 Å². The van der Waals surface area contributed by atoms with Crippen LogP contribution in [-0.4, -0.2) is 29.1 Å². The Balaban J connectivity index is 1.40. The van der Waals surface area contributed by atoms with Gasteiger partial charge in [0.05, 0.1) is 5.69 Å². The summed E-state index contributed by atoms with van der Waals surface area (Å²) in [6.07, 6.45) is 1.75. The molecule has 3 aromatic rings.